The van der Waals surface area contributed by atoms with Gasteiger partial charge in [0.1, 0.15) is 6.10 Å². The smallest absolute Gasteiger partial charge is 0.472 e. The van der Waals surface area contributed by atoms with Crippen LogP contribution in [0.3, 0.4) is 0 Å². The van der Waals surface area contributed by atoms with E-state index in [9.17, 15) is 14.3 Å². The molecule has 0 saturated carbocycles. The first-order chi connectivity index (χ1) is 8.21. The maximum Gasteiger partial charge on any atom is 0.472 e. The van der Waals surface area contributed by atoms with Gasteiger partial charge in [-0.05, 0) is 12.8 Å². The molecule has 0 spiro atoms. The molecule has 0 radical (unpaired) electrons. The molecule has 18 heavy (non-hydrogen) atoms. The molecule has 0 amide bonds. The van der Waals surface area contributed by atoms with Gasteiger partial charge in [-0.2, -0.15) is 0 Å². The molecule has 1 fully saturated rings. The number of phosphoric ester groups is 1. The Bertz CT molecular complexity index is 343. The molecule has 0 aromatic heterocycles. The molecule has 106 valence electrons. The minimum Gasteiger partial charge on any atom is -0.479 e. The second-order valence-corrected chi connectivity index (χ2v) is 6.15. The van der Waals surface area contributed by atoms with E-state index in [1.807, 2.05) is 13.8 Å². The number of aliphatic carboxylic acids is 1. The number of ether oxygens (including phenoxy) is 1. The molecule has 7 nitrogen and oxygen atoms in total. The van der Waals surface area contributed by atoms with Gasteiger partial charge in [0.05, 0.1) is 12.7 Å². The van der Waals surface area contributed by atoms with Crippen LogP contribution in [-0.2, 0) is 23.1 Å². The van der Waals surface area contributed by atoms with E-state index in [1.54, 1.807) is 6.92 Å². The summed E-state index contributed by atoms with van der Waals surface area (Å²) in [6, 6.07) is 0. The largest absolute Gasteiger partial charge is 0.479 e. The van der Waals surface area contributed by atoms with Gasteiger partial charge < -0.3 is 14.7 Å². The Morgan fingerprint density at radius 1 is 1.56 bits per heavy atom. The van der Waals surface area contributed by atoms with Crippen LogP contribution in [0.15, 0.2) is 0 Å². The second-order valence-electron chi connectivity index (χ2n) is 4.74. The molecule has 8 heteroatoms. The topological polar surface area (TPSA) is 102 Å². The van der Waals surface area contributed by atoms with Gasteiger partial charge >= 0.3 is 13.8 Å². The third-order valence-electron chi connectivity index (χ3n) is 2.36. The molecule has 1 heterocycles. The summed E-state index contributed by atoms with van der Waals surface area (Å²) in [6.45, 7) is 5.38. The van der Waals surface area contributed by atoms with Crippen LogP contribution in [-0.4, -0.2) is 40.9 Å². The summed E-state index contributed by atoms with van der Waals surface area (Å²) in [5.41, 5.74) is 0. The number of rotatable bonds is 6. The first kappa shape index (κ1) is 15.6. The van der Waals surface area contributed by atoms with Crippen molar-refractivity contribution in [2.75, 3.05) is 6.61 Å². The van der Waals surface area contributed by atoms with Crippen molar-refractivity contribution in [3.8, 4) is 0 Å². The minimum absolute atomic E-state index is 0.0641. The number of hydrogen-bond donors (Lipinski definition) is 2. The highest BCUT2D eigenvalue weighted by Crippen LogP contribution is 2.47. The zero-order valence-electron chi connectivity index (χ0n) is 10.6. The summed E-state index contributed by atoms with van der Waals surface area (Å²) in [7, 11) is -4.24. The zero-order valence-corrected chi connectivity index (χ0v) is 11.5. The summed E-state index contributed by atoms with van der Waals surface area (Å²) in [6.07, 6.45) is -2.29. The molecule has 1 rings (SSSR count). The van der Waals surface area contributed by atoms with Crippen LogP contribution in [0.4, 0.5) is 0 Å². The lowest BCUT2D eigenvalue weighted by molar-refractivity contribution is -0.152. The Hall–Kier alpha value is -0.460. The Labute approximate surface area is 106 Å². The molecule has 0 aromatic rings. The van der Waals surface area contributed by atoms with Crippen molar-refractivity contribution in [3.05, 3.63) is 0 Å². The van der Waals surface area contributed by atoms with Crippen LogP contribution in [0.2, 0.25) is 0 Å². The molecule has 0 bridgehead atoms. The Morgan fingerprint density at radius 3 is 2.67 bits per heavy atom. The highest BCUT2D eigenvalue weighted by molar-refractivity contribution is 7.47. The summed E-state index contributed by atoms with van der Waals surface area (Å²) in [5, 5.41) is 8.90. The zero-order chi connectivity index (χ0) is 13.9. The second kappa shape index (κ2) is 6.12. The summed E-state index contributed by atoms with van der Waals surface area (Å²) in [5.74, 6) is -1.14. The highest BCUT2D eigenvalue weighted by atomic mass is 31.2. The van der Waals surface area contributed by atoms with Gasteiger partial charge in [-0.15, -0.1) is 0 Å². The Morgan fingerprint density at radius 2 is 2.17 bits per heavy atom. The lowest BCUT2D eigenvalue weighted by atomic mass is 10.1. The van der Waals surface area contributed by atoms with Crippen molar-refractivity contribution in [1.82, 2.24) is 0 Å². The van der Waals surface area contributed by atoms with Crippen LogP contribution < -0.4 is 0 Å². The van der Waals surface area contributed by atoms with Gasteiger partial charge in [0.2, 0.25) is 0 Å². The van der Waals surface area contributed by atoms with Gasteiger partial charge in [0.15, 0.2) is 6.10 Å². The Kier molecular flexibility index (Phi) is 5.31. The SMILES string of the molecule is CC(C)COP(=O)(O)OC1CC(C)OC1C(=O)O. The fourth-order valence-corrected chi connectivity index (χ4v) is 2.69. The third kappa shape index (κ3) is 4.66. The molecule has 1 aliphatic heterocycles. The van der Waals surface area contributed by atoms with Crippen LogP contribution in [0.5, 0.6) is 0 Å². The van der Waals surface area contributed by atoms with Crippen LogP contribution in [0.25, 0.3) is 0 Å². The van der Waals surface area contributed by atoms with E-state index < -0.39 is 26.0 Å². The lowest BCUT2D eigenvalue weighted by Gasteiger charge is -2.19. The van der Waals surface area contributed by atoms with E-state index in [0.29, 0.717) is 0 Å². The fourth-order valence-electron chi connectivity index (χ4n) is 1.60. The summed E-state index contributed by atoms with van der Waals surface area (Å²) in [4.78, 5) is 20.4. The lowest BCUT2D eigenvalue weighted by Crippen LogP contribution is -2.32. The fraction of sp³-hybridized carbons (Fsp3) is 0.900. The molecule has 2 N–H and O–H groups in total. The number of carboxylic acids is 1. The number of carbonyl (C=O) groups is 1. The number of phosphoric acid groups is 1. The quantitative estimate of drug-likeness (QED) is 0.710. The minimum atomic E-state index is -4.24. The van der Waals surface area contributed by atoms with Crippen molar-refractivity contribution in [2.24, 2.45) is 5.92 Å². The van der Waals surface area contributed by atoms with E-state index in [0.717, 1.165) is 0 Å². The average Bonchev–Trinajstić information content (AvgIpc) is 2.56. The van der Waals surface area contributed by atoms with Crippen molar-refractivity contribution < 1.29 is 33.1 Å². The molecule has 1 aliphatic rings. The maximum absolute atomic E-state index is 11.6. The van der Waals surface area contributed by atoms with Gasteiger partial charge in [0, 0.05) is 6.42 Å². The first-order valence-electron chi connectivity index (χ1n) is 5.75. The number of hydrogen-bond acceptors (Lipinski definition) is 5. The summed E-state index contributed by atoms with van der Waals surface area (Å²) >= 11 is 0. The third-order valence-corrected chi connectivity index (χ3v) is 3.38. The normalized spacial score (nSPS) is 31.5. The molecular weight excluding hydrogens is 263 g/mol. The van der Waals surface area contributed by atoms with Crippen LogP contribution >= 0.6 is 7.82 Å². The Balaban J connectivity index is 2.59. The van der Waals surface area contributed by atoms with Crippen molar-refractivity contribution in [3.63, 3.8) is 0 Å². The molecule has 0 aliphatic carbocycles. The van der Waals surface area contributed by atoms with Crippen molar-refractivity contribution in [2.45, 2.75) is 45.5 Å². The van der Waals surface area contributed by atoms with Crippen LogP contribution in [0.1, 0.15) is 27.2 Å². The first-order valence-corrected chi connectivity index (χ1v) is 7.25. The standard InChI is InChI=1S/C10H19O7P/c1-6(2)5-15-18(13,14)17-8-4-7(3)16-9(8)10(11)12/h6-9H,4-5H2,1-3H3,(H,11,12)(H,13,14). The van der Waals surface area contributed by atoms with E-state index in [-0.39, 0.29) is 25.0 Å². The highest BCUT2D eigenvalue weighted by Gasteiger charge is 2.43. The summed E-state index contributed by atoms with van der Waals surface area (Å²) < 4.78 is 26.3. The molecule has 4 unspecified atom stereocenters. The van der Waals surface area contributed by atoms with Gasteiger partial charge in [-0.3, -0.25) is 9.05 Å². The predicted molar refractivity (Wildman–Crippen MR) is 62.1 cm³/mol. The van der Waals surface area contributed by atoms with E-state index >= 15 is 0 Å². The average molecular weight is 282 g/mol. The van der Waals surface area contributed by atoms with Crippen molar-refractivity contribution >= 4 is 13.8 Å². The molecule has 1 saturated heterocycles. The maximum atomic E-state index is 11.6. The van der Waals surface area contributed by atoms with Crippen LogP contribution in [0, 0.1) is 5.92 Å². The van der Waals surface area contributed by atoms with Crippen molar-refractivity contribution in [1.29, 1.82) is 0 Å². The predicted octanol–water partition coefficient (Wildman–Crippen LogP) is 1.41. The van der Waals surface area contributed by atoms with Gasteiger partial charge in [0.25, 0.3) is 0 Å². The van der Waals surface area contributed by atoms with Gasteiger partial charge in [-0.25, -0.2) is 9.36 Å². The number of carboxylic acid groups (broad SMARTS) is 1. The molecule has 0 aromatic carbocycles. The monoisotopic (exact) mass is 282 g/mol. The molecular formula is C10H19O7P. The van der Waals surface area contributed by atoms with E-state index in [1.165, 1.54) is 0 Å². The van der Waals surface area contributed by atoms with Gasteiger partial charge in [-0.1, -0.05) is 13.8 Å². The van der Waals surface area contributed by atoms with E-state index in [2.05, 4.69) is 0 Å². The molecule has 4 atom stereocenters. The van der Waals surface area contributed by atoms with E-state index in [4.69, 9.17) is 18.9 Å².